The van der Waals surface area contributed by atoms with Gasteiger partial charge in [0.05, 0.1) is 26.7 Å². The van der Waals surface area contributed by atoms with Crippen molar-refractivity contribution in [1.82, 2.24) is 0 Å². The van der Waals surface area contributed by atoms with Gasteiger partial charge in [-0.1, -0.05) is 30.3 Å². The van der Waals surface area contributed by atoms with Crippen LogP contribution in [0, 0.1) is 20.2 Å². The Kier molecular flexibility index (Phi) is 5.90. The van der Waals surface area contributed by atoms with Crippen LogP contribution in [-0.2, 0) is 26.9 Å². The highest BCUT2D eigenvalue weighted by Crippen LogP contribution is 2.27. The van der Waals surface area contributed by atoms with Crippen LogP contribution in [0.3, 0.4) is 0 Å². The number of esters is 1. The van der Waals surface area contributed by atoms with Crippen LogP contribution in [0.15, 0.2) is 53.4 Å². The predicted octanol–water partition coefficient (Wildman–Crippen LogP) is 2.35. The lowest BCUT2D eigenvalue weighted by molar-refractivity contribution is -0.396. The van der Waals surface area contributed by atoms with Crippen molar-refractivity contribution in [2.24, 2.45) is 0 Å². The molecule has 0 saturated heterocycles. The first-order valence-corrected chi connectivity index (χ1v) is 8.21. The minimum atomic E-state index is -2.06. The van der Waals surface area contributed by atoms with Gasteiger partial charge < -0.3 is 4.74 Å². The zero-order valence-electron chi connectivity index (χ0n) is 12.7. The van der Waals surface area contributed by atoms with Gasteiger partial charge in [-0.2, -0.15) is 0 Å². The third-order valence-corrected chi connectivity index (χ3v) is 4.42. The number of nitro benzene ring substituents is 2. The zero-order valence-corrected chi connectivity index (χ0v) is 13.5. The third kappa shape index (κ3) is 4.91. The van der Waals surface area contributed by atoms with Crippen molar-refractivity contribution in [3.8, 4) is 0 Å². The van der Waals surface area contributed by atoms with E-state index in [2.05, 4.69) is 0 Å². The average Bonchev–Trinajstić information content (AvgIpc) is 2.60. The first-order valence-electron chi connectivity index (χ1n) is 6.89. The van der Waals surface area contributed by atoms with Crippen LogP contribution in [0.5, 0.6) is 0 Å². The smallest absolute Gasteiger partial charge is 0.319 e. The fraction of sp³-hybridized carbons (Fsp3) is 0.133. The van der Waals surface area contributed by atoms with Crippen molar-refractivity contribution in [2.45, 2.75) is 11.5 Å². The average molecular weight is 364 g/mol. The number of benzene rings is 2. The Balaban J connectivity index is 2.08. The van der Waals surface area contributed by atoms with E-state index in [0.717, 1.165) is 17.7 Å². The molecule has 0 N–H and O–H groups in total. The summed E-state index contributed by atoms with van der Waals surface area (Å²) in [4.78, 5) is 31.5. The molecule has 130 valence electrons. The summed E-state index contributed by atoms with van der Waals surface area (Å²) in [6, 6.07) is 11.5. The van der Waals surface area contributed by atoms with E-state index in [-0.39, 0.29) is 11.5 Å². The van der Waals surface area contributed by atoms with Gasteiger partial charge in [0.15, 0.2) is 0 Å². The number of carbonyl (C=O) groups is 1. The molecular formula is C15H12N2O7S. The monoisotopic (exact) mass is 364 g/mol. The summed E-state index contributed by atoms with van der Waals surface area (Å²) in [7, 11) is -2.06. The molecule has 0 spiro atoms. The zero-order chi connectivity index (χ0) is 18.4. The van der Waals surface area contributed by atoms with Crippen LogP contribution >= 0.6 is 0 Å². The summed E-state index contributed by atoms with van der Waals surface area (Å²) in [5.41, 5.74) is -0.439. The van der Waals surface area contributed by atoms with Gasteiger partial charge in [0.1, 0.15) is 17.3 Å². The molecule has 0 aromatic heterocycles. The molecule has 0 radical (unpaired) electrons. The molecule has 2 aromatic carbocycles. The van der Waals surface area contributed by atoms with E-state index in [4.69, 9.17) is 4.74 Å². The second-order valence-corrected chi connectivity index (χ2v) is 6.22. The summed E-state index contributed by atoms with van der Waals surface area (Å²) in [5.74, 6) is -1.39. The highest BCUT2D eigenvalue weighted by Gasteiger charge is 2.25. The molecule has 0 saturated carbocycles. The Bertz CT molecular complexity index is 839. The van der Waals surface area contributed by atoms with Crippen molar-refractivity contribution in [3.05, 3.63) is 74.3 Å². The van der Waals surface area contributed by atoms with Gasteiger partial charge in [0, 0.05) is 6.07 Å². The summed E-state index contributed by atoms with van der Waals surface area (Å²) in [6.07, 6.45) is 0. The molecule has 1 atom stereocenters. The van der Waals surface area contributed by atoms with E-state index in [0.29, 0.717) is 6.07 Å². The van der Waals surface area contributed by atoms with Crippen LogP contribution in [0.2, 0.25) is 0 Å². The van der Waals surface area contributed by atoms with Crippen molar-refractivity contribution in [1.29, 1.82) is 0 Å². The molecule has 10 heteroatoms. The maximum absolute atomic E-state index is 12.2. The van der Waals surface area contributed by atoms with Gasteiger partial charge >= 0.3 is 5.97 Å². The van der Waals surface area contributed by atoms with Gasteiger partial charge in [-0.15, -0.1) is 0 Å². The van der Waals surface area contributed by atoms with Crippen molar-refractivity contribution >= 4 is 28.1 Å². The number of ether oxygens (including phenoxy) is 1. The molecule has 0 aliphatic rings. The molecule has 1 unspecified atom stereocenters. The largest absolute Gasteiger partial charge is 0.460 e. The molecule has 0 aliphatic carbocycles. The molecule has 0 heterocycles. The first kappa shape index (κ1) is 18.2. The Morgan fingerprint density at radius 2 is 1.72 bits per heavy atom. The minimum Gasteiger partial charge on any atom is -0.460 e. The molecule has 0 amide bonds. The molecule has 25 heavy (non-hydrogen) atoms. The summed E-state index contributed by atoms with van der Waals surface area (Å²) < 4.78 is 17.2. The Morgan fingerprint density at radius 3 is 2.32 bits per heavy atom. The standard InChI is InChI=1S/C15H12N2O7S/c18-15(24-9-11-4-2-1-3-5-11)10-25(23)14-7-6-12(16(19)20)8-13(14)17(21)22/h1-8H,9-10H2. The van der Waals surface area contributed by atoms with Gasteiger partial charge in [0.2, 0.25) is 0 Å². The number of carbonyl (C=O) groups excluding carboxylic acids is 1. The number of nitro groups is 2. The van der Waals surface area contributed by atoms with E-state index in [1.165, 1.54) is 0 Å². The molecule has 0 aliphatic heterocycles. The Morgan fingerprint density at radius 1 is 1.04 bits per heavy atom. The minimum absolute atomic E-state index is 0.0147. The molecule has 0 fully saturated rings. The van der Waals surface area contributed by atoms with E-state index >= 15 is 0 Å². The third-order valence-electron chi connectivity index (χ3n) is 3.09. The maximum Gasteiger partial charge on any atom is 0.319 e. The SMILES string of the molecule is O=C(CS(=O)c1ccc([N+](=O)[O-])cc1[N+](=O)[O-])OCc1ccccc1. The van der Waals surface area contributed by atoms with Crippen LogP contribution in [0.25, 0.3) is 0 Å². The van der Waals surface area contributed by atoms with Crippen molar-refractivity contribution < 1.29 is 23.6 Å². The maximum atomic E-state index is 12.2. The first-order chi connectivity index (χ1) is 11.9. The lowest BCUT2D eigenvalue weighted by Gasteiger charge is -2.06. The predicted molar refractivity (Wildman–Crippen MR) is 87.3 cm³/mol. The second kappa shape index (κ2) is 8.11. The molecular weight excluding hydrogens is 352 g/mol. The van der Waals surface area contributed by atoms with Gasteiger partial charge in [-0.05, 0) is 11.6 Å². The Hall–Kier alpha value is -3.14. The second-order valence-electron chi connectivity index (χ2n) is 4.80. The molecule has 2 aromatic rings. The van der Waals surface area contributed by atoms with E-state index < -0.39 is 43.7 Å². The lowest BCUT2D eigenvalue weighted by atomic mass is 10.2. The normalized spacial score (nSPS) is 11.5. The van der Waals surface area contributed by atoms with Crippen molar-refractivity contribution in [3.63, 3.8) is 0 Å². The topological polar surface area (TPSA) is 130 Å². The molecule has 9 nitrogen and oxygen atoms in total. The van der Waals surface area contributed by atoms with Crippen molar-refractivity contribution in [2.75, 3.05) is 5.75 Å². The number of non-ortho nitro benzene ring substituents is 1. The van der Waals surface area contributed by atoms with E-state index in [1.807, 2.05) is 0 Å². The lowest BCUT2D eigenvalue weighted by Crippen LogP contribution is -2.15. The van der Waals surface area contributed by atoms with Crippen LogP contribution < -0.4 is 0 Å². The number of nitrogens with zero attached hydrogens (tertiary/aromatic N) is 2. The highest BCUT2D eigenvalue weighted by atomic mass is 32.2. The van der Waals surface area contributed by atoms with Crippen LogP contribution in [0.4, 0.5) is 11.4 Å². The van der Waals surface area contributed by atoms with Gasteiger partial charge in [-0.3, -0.25) is 29.2 Å². The van der Waals surface area contributed by atoms with Gasteiger partial charge in [0.25, 0.3) is 11.4 Å². The molecule has 2 rings (SSSR count). The summed E-state index contributed by atoms with van der Waals surface area (Å²) >= 11 is 0. The number of rotatable bonds is 7. The van der Waals surface area contributed by atoms with Crippen LogP contribution in [-0.4, -0.2) is 25.8 Å². The fourth-order valence-electron chi connectivity index (χ4n) is 1.92. The highest BCUT2D eigenvalue weighted by molar-refractivity contribution is 7.85. The van der Waals surface area contributed by atoms with E-state index in [9.17, 15) is 29.2 Å². The number of hydrogen-bond donors (Lipinski definition) is 0. The Labute approximate surface area is 144 Å². The van der Waals surface area contributed by atoms with E-state index in [1.54, 1.807) is 30.3 Å². The van der Waals surface area contributed by atoms with Gasteiger partial charge in [-0.25, -0.2) is 0 Å². The fourth-order valence-corrected chi connectivity index (χ4v) is 2.96. The summed E-state index contributed by atoms with van der Waals surface area (Å²) in [6.45, 7) is -0.0147. The molecule has 0 bridgehead atoms. The summed E-state index contributed by atoms with van der Waals surface area (Å²) in [5, 5.41) is 21.7. The number of hydrogen-bond acceptors (Lipinski definition) is 7. The van der Waals surface area contributed by atoms with Crippen LogP contribution in [0.1, 0.15) is 5.56 Å². The quantitative estimate of drug-likeness (QED) is 0.419.